The molecule has 0 aliphatic rings. The zero-order valence-electron chi connectivity index (χ0n) is 13.6. The Balaban J connectivity index is 3.05. The summed E-state index contributed by atoms with van der Waals surface area (Å²) < 4.78 is 0. The molecule has 0 saturated carbocycles. The van der Waals surface area contributed by atoms with Crippen LogP contribution in [-0.2, 0) is 0 Å². The highest BCUT2D eigenvalue weighted by atomic mass is 28.3. The van der Waals surface area contributed by atoms with Gasteiger partial charge in [0.2, 0.25) is 0 Å². The molecule has 0 saturated heterocycles. The third kappa shape index (κ3) is 3.78. The van der Waals surface area contributed by atoms with E-state index in [-0.39, 0.29) is 0 Å². The average Bonchev–Trinajstić information content (AvgIpc) is 2.38. The molecule has 20 heavy (non-hydrogen) atoms. The molecule has 0 atom stereocenters. The Morgan fingerprint density at radius 3 is 1.70 bits per heavy atom. The van der Waals surface area contributed by atoms with E-state index >= 15 is 0 Å². The SMILES string of the molecule is CC(C)[Si](C#CC#Cc1ccccc1)(C(C)C)C(C)C. The van der Waals surface area contributed by atoms with Gasteiger partial charge in [0.25, 0.3) is 0 Å². The lowest BCUT2D eigenvalue weighted by atomic mass is 10.2. The summed E-state index contributed by atoms with van der Waals surface area (Å²) in [5.74, 6) is 9.35. The summed E-state index contributed by atoms with van der Waals surface area (Å²) in [6.07, 6.45) is 0. The number of benzene rings is 1. The lowest BCUT2D eigenvalue weighted by Gasteiger charge is -2.37. The van der Waals surface area contributed by atoms with Crippen LogP contribution in [0.5, 0.6) is 0 Å². The van der Waals surface area contributed by atoms with Gasteiger partial charge in [0.15, 0.2) is 0 Å². The minimum atomic E-state index is -1.63. The van der Waals surface area contributed by atoms with Crippen LogP contribution in [0.15, 0.2) is 30.3 Å². The van der Waals surface area contributed by atoms with Gasteiger partial charge in [-0.3, -0.25) is 0 Å². The molecule has 0 nitrogen and oxygen atoms in total. The molecule has 1 aromatic carbocycles. The maximum absolute atomic E-state index is 3.62. The summed E-state index contributed by atoms with van der Waals surface area (Å²) in [6, 6.07) is 10.1. The molecule has 0 bridgehead atoms. The van der Waals surface area contributed by atoms with Gasteiger partial charge in [-0.2, -0.15) is 0 Å². The molecule has 0 fully saturated rings. The van der Waals surface area contributed by atoms with E-state index in [9.17, 15) is 0 Å². The molecule has 0 aliphatic carbocycles. The zero-order valence-corrected chi connectivity index (χ0v) is 14.6. The van der Waals surface area contributed by atoms with Crippen molar-refractivity contribution in [3.63, 3.8) is 0 Å². The first-order valence-corrected chi connectivity index (χ1v) is 9.72. The summed E-state index contributed by atoms with van der Waals surface area (Å²) in [5, 5.41) is 0. The first-order chi connectivity index (χ1) is 9.41. The highest BCUT2D eigenvalue weighted by Crippen LogP contribution is 2.40. The van der Waals surface area contributed by atoms with Gasteiger partial charge in [-0.25, -0.2) is 0 Å². The number of hydrogen-bond donors (Lipinski definition) is 0. The maximum atomic E-state index is 3.62. The van der Waals surface area contributed by atoms with Crippen molar-refractivity contribution in [3.8, 4) is 23.3 Å². The second-order valence-electron chi connectivity index (χ2n) is 6.26. The molecule has 1 aromatic rings. The second kappa shape index (κ2) is 7.37. The van der Waals surface area contributed by atoms with Crippen LogP contribution in [-0.4, -0.2) is 8.07 Å². The highest BCUT2D eigenvalue weighted by molar-refractivity contribution is 6.90. The van der Waals surface area contributed by atoms with Crippen molar-refractivity contribution < 1.29 is 0 Å². The van der Waals surface area contributed by atoms with Gasteiger partial charge in [0.1, 0.15) is 8.07 Å². The van der Waals surface area contributed by atoms with Crippen molar-refractivity contribution in [1.82, 2.24) is 0 Å². The van der Waals surface area contributed by atoms with Crippen LogP contribution in [0, 0.1) is 23.3 Å². The molecule has 0 aromatic heterocycles. The van der Waals surface area contributed by atoms with Crippen molar-refractivity contribution in [1.29, 1.82) is 0 Å². The predicted octanol–water partition coefficient (Wildman–Crippen LogP) is 5.26. The van der Waals surface area contributed by atoms with Gasteiger partial charge < -0.3 is 0 Å². The van der Waals surface area contributed by atoms with Crippen molar-refractivity contribution in [2.75, 3.05) is 0 Å². The van der Waals surface area contributed by atoms with E-state index < -0.39 is 8.07 Å². The zero-order chi connectivity index (χ0) is 15.2. The minimum Gasteiger partial charge on any atom is -0.116 e. The third-order valence-corrected chi connectivity index (χ3v) is 10.5. The van der Waals surface area contributed by atoms with Crippen LogP contribution < -0.4 is 0 Å². The first-order valence-electron chi connectivity index (χ1n) is 7.49. The molecular weight excluding hydrogens is 256 g/mol. The Morgan fingerprint density at radius 1 is 0.750 bits per heavy atom. The van der Waals surface area contributed by atoms with Crippen LogP contribution in [0.2, 0.25) is 16.6 Å². The molecule has 0 amide bonds. The van der Waals surface area contributed by atoms with E-state index in [1.165, 1.54) is 0 Å². The second-order valence-corrected chi connectivity index (χ2v) is 11.8. The van der Waals surface area contributed by atoms with Crippen LogP contribution in [0.1, 0.15) is 47.1 Å². The quantitative estimate of drug-likeness (QED) is 0.524. The monoisotopic (exact) mass is 282 g/mol. The summed E-state index contributed by atoms with van der Waals surface area (Å²) in [7, 11) is -1.63. The fourth-order valence-electron chi connectivity index (χ4n) is 3.20. The van der Waals surface area contributed by atoms with Gasteiger partial charge in [0.05, 0.1) is 0 Å². The number of rotatable bonds is 3. The molecule has 106 valence electrons. The summed E-state index contributed by atoms with van der Waals surface area (Å²) in [4.78, 5) is 0. The van der Waals surface area contributed by atoms with E-state index in [2.05, 4.69) is 64.8 Å². The molecule has 0 aliphatic heterocycles. The Morgan fingerprint density at radius 2 is 1.25 bits per heavy atom. The summed E-state index contributed by atoms with van der Waals surface area (Å²) >= 11 is 0. The van der Waals surface area contributed by atoms with E-state index in [4.69, 9.17) is 0 Å². The Kier molecular flexibility index (Phi) is 6.12. The molecular formula is C19H26Si. The van der Waals surface area contributed by atoms with Crippen molar-refractivity contribution in [2.45, 2.75) is 58.2 Å². The maximum Gasteiger partial charge on any atom is 0.147 e. The van der Waals surface area contributed by atoms with Gasteiger partial charge >= 0.3 is 0 Å². The van der Waals surface area contributed by atoms with Crippen molar-refractivity contribution in [3.05, 3.63) is 35.9 Å². The Hall–Kier alpha value is -1.44. The fraction of sp³-hybridized carbons (Fsp3) is 0.474. The molecule has 0 radical (unpaired) electrons. The predicted molar refractivity (Wildman–Crippen MR) is 92.1 cm³/mol. The topological polar surface area (TPSA) is 0 Å². The van der Waals surface area contributed by atoms with Crippen molar-refractivity contribution >= 4 is 8.07 Å². The average molecular weight is 283 g/mol. The molecule has 0 spiro atoms. The van der Waals surface area contributed by atoms with E-state index in [1.807, 2.05) is 30.3 Å². The van der Waals surface area contributed by atoms with Crippen LogP contribution in [0.25, 0.3) is 0 Å². The van der Waals surface area contributed by atoms with E-state index in [0.29, 0.717) is 16.6 Å². The summed E-state index contributed by atoms with van der Waals surface area (Å²) in [6.45, 7) is 13.9. The van der Waals surface area contributed by atoms with Gasteiger partial charge in [-0.1, -0.05) is 65.7 Å². The normalized spacial score (nSPS) is 11.1. The lowest BCUT2D eigenvalue weighted by Crippen LogP contribution is -2.43. The van der Waals surface area contributed by atoms with Crippen molar-refractivity contribution in [2.24, 2.45) is 0 Å². The molecule has 1 heteroatoms. The lowest BCUT2D eigenvalue weighted by molar-refractivity contribution is 0.838. The summed E-state index contributed by atoms with van der Waals surface area (Å²) in [5.41, 5.74) is 6.63. The molecule has 0 unspecified atom stereocenters. The van der Waals surface area contributed by atoms with Gasteiger partial charge in [0, 0.05) is 5.56 Å². The molecule has 0 heterocycles. The van der Waals surface area contributed by atoms with E-state index in [1.54, 1.807) is 0 Å². The smallest absolute Gasteiger partial charge is 0.116 e. The molecule has 1 rings (SSSR count). The standard InChI is InChI=1S/C19H26Si/c1-16(2)20(17(3)4,18(5)6)15-11-10-14-19-12-8-7-9-13-19/h7-9,12-13,16-18H,1-6H3. The third-order valence-electron chi connectivity index (χ3n) is 4.19. The van der Waals surface area contributed by atoms with Crippen LogP contribution in [0.4, 0.5) is 0 Å². The first kappa shape index (κ1) is 16.6. The van der Waals surface area contributed by atoms with Gasteiger partial charge in [-0.05, 0) is 40.6 Å². The van der Waals surface area contributed by atoms with E-state index in [0.717, 1.165) is 5.56 Å². The number of hydrogen-bond acceptors (Lipinski definition) is 0. The highest BCUT2D eigenvalue weighted by Gasteiger charge is 2.41. The molecule has 0 N–H and O–H groups in total. The Bertz CT molecular complexity index is 508. The minimum absolute atomic E-state index is 0.661. The fourth-order valence-corrected chi connectivity index (χ4v) is 8.34. The Labute approximate surface area is 126 Å². The van der Waals surface area contributed by atoms with Gasteiger partial charge in [-0.15, -0.1) is 5.54 Å². The largest absolute Gasteiger partial charge is 0.147 e. The van der Waals surface area contributed by atoms with Crippen LogP contribution in [0.3, 0.4) is 0 Å². The van der Waals surface area contributed by atoms with Crippen LogP contribution >= 0.6 is 0 Å².